The Hall–Kier alpha value is -3.28. The highest BCUT2D eigenvalue weighted by Crippen LogP contribution is 2.53. The molecule has 0 bridgehead atoms. The molecule has 2 N–H and O–H groups in total. The monoisotopic (exact) mass is 439 g/mol. The van der Waals surface area contributed by atoms with Crippen LogP contribution < -0.4 is 10.6 Å². The van der Waals surface area contributed by atoms with E-state index in [1.54, 1.807) is 0 Å². The molecule has 1 aromatic carbocycles. The van der Waals surface area contributed by atoms with E-state index in [1.165, 1.54) is 12.8 Å². The highest BCUT2D eigenvalue weighted by Gasteiger charge is 2.54. The van der Waals surface area contributed by atoms with Gasteiger partial charge >= 0.3 is 0 Å². The first-order valence-corrected chi connectivity index (χ1v) is 12.0. The van der Waals surface area contributed by atoms with E-state index < -0.39 is 5.41 Å². The van der Waals surface area contributed by atoms with Crippen LogP contribution >= 0.6 is 0 Å². The molecule has 4 aliphatic rings. The number of pyridine rings is 1. The van der Waals surface area contributed by atoms with Gasteiger partial charge in [0, 0.05) is 35.6 Å². The molecule has 1 spiro atoms. The smallest absolute Gasteiger partial charge is 0.250 e. The Bertz CT molecular complexity index is 1240. The van der Waals surface area contributed by atoms with E-state index in [2.05, 4.69) is 70.0 Å². The zero-order chi connectivity index (χ0) is 22.6. The van der Waals surface area contributed by atoms with Gasteiger partial charge in [-0.05, 0) is 60.6 Å². The van der Waals surface area contributed by atoms with Crippen LogP contribution in [0.2, 0.25) is 0 Å². The zero-order valence-electron chi connectivity index (χ0n) is 19.2. The molecular weight excluding hydrogens is 410 g/mol. The molecule has 168 valence electrons. The van der Waals surface area contributed by atoms with Gasteiger partial charge in [-0.3, -0.25) is 9.78 Å². The van der Waals surface area contributed by atoms with Crippen molar-refractivity contribution in [2.24, 2.45) is 10.2 Å². The van der Waals surface area contributed by atoms with Crippen molar-refractivity contribution in [3.05, 3.63) is 76.9 Å². The van der Waals surface area contributed by atoms with Crippen molar-refractivity contribution in [3.8, 4) is 11.1 Å². The summed E-state index contributed by atoms with van der Waals surface area (Å²) < 4.78 is 0. The summed E-state index contributed by atoms with van der Waals surface area (Å²) in [5.41, 5.74) is 6.83. The van der Waals surface area contributed by atoms with Crippen molar-refractivity contribution in [3.63, 3.8) is 0 Å². The molecule has 2 aromatic rings. The van der Waals surface area contributed by atoms with E-state index in [-0.39, 0.29) is 17.6 Å². The SMILES string of the molecule is CC[C@]1(c2cccc(-c3ccncc3C)c2)C2=CN=NC2NC2=C1C(=O)NC1(CCCC1)C2. The van der Waals surface area contributed by atoms with Crippen LogP contribution in [0.25, 0.3) is 11.1 Å². The number of nitrogens with one attached hydrogen (secondary N) is 2. The number of fused-ring (bicyclic) bond motifs is 1. The summed E-state index contributed by atoms with van der Waals surface area (Å²) in [7, 11) is 0. The average molecular weight is 440 g/mol. The minimum absolute atomic E-state index is 0.0595. The van der Waals surface area contributed by atoms with Crippen LogP contribution in [0, 0.1) is 6.92 Å². The molecule has 1 saturated carbocycles. The first kappa shape index (κ1) is 20.3. The predicted molar refractivity (Wildman–Crippen MR) is 127 cm³/mol. The first-order chi connectivity index (χ1) is 16.1. The summed E-state index contributed by atoms with van der Waals surface area (Å²) in [5, 5.41) is 15.8. The van der Waals surface area contributed by atoms with E-state index in [0.717, 1.165) is 64.8 Å². The zero-order valence-corrected chi connectivity index (χ0v) is 19.2. The molecule has 6 nitrogen and oxygen atoms in total. The lowest BCUT2D eigenvalue weighted by molar-refractivity contribution is -0.121. The van der Waals surface area contributed by atoms with E-state index in [4.69, 9.17) is 0 Å². The molecule has 3 aliphatic heterocycles. The van der Waals surface area contributed by atoms with Crippen molar-refractivity contribution in [1.29, 1.82) is 0 Å². The van der Waals surface area contributed by atoms with Gasteiger partial charge < -0.3 is 10.6 Å². The first-order valence-electron chi connectivity index (χ1n) is 12.0. The number of aromatic nitrogens is 1. The lowest BCUT2D eigenvalue weighted by Gasteiger charge is -2.49. The molecule has 4 heterocycles. The number of aryl methyl sites for hydroxylation is 1. The Kier molecular flexibility index (Phi) is 4.54. The number of rotatable bonds is 3. The molecule has 2 atom stereocenters. The lowest BCUT2D eigenvalue weighted by Crippen LogP contribution is -2.59. The van der Waals surface area contributed by atoms with Gasteiger partial charge in [0.25, 0.3) is 5.91 Å². The maximum Gasteiger partial charge on any atom is 0.250 e. The van der Waals surface area contributed by atoms with Crippen LogP contribution in [-0.2, 0) is 10.2 Å². The number of hydrogen-bond donors (Lipinski definition) is 2. The highest BCUT2D eigenvalue weighted by atomic mass is 16.2. The molecule has 1 amide bonds. The van der Waals surface area contributed by atoms with Gasteiger partial charge in [0.05, 0.1) is 17.2 Å². The Morgan fingerprint density at radius 2 is 2.03 bits per heavy atom. The summed E-state index contributed by atoms with van der Waals surface area (Å²) in [6, 6.07) is 10.7. The lowest BCUT2D eigenvalue weighted by atomic mass is 9.61. The van der Waals surface area contributed by atoms with Crippen LogP contribution in [0.4, 0.5) is 0 Å². The molecule has 33 heavy (non-hydrogen) atoms. The largest absolute Gasteiger partial charge is 0.362 e. The molecular formula is C27H29N5O. The van der Waals surface area contributed by atoms with Gasteiger partial charge in [-0.2, -0.15) is 10.2 Å². The van der Waals surface area contributed by atoms with Crippen molar-refractivity contribution in [1.82, 2.24) is 15.6 Å². The third-order valence-electron chi connectivity index (χ3n) is 8.10. The summed E-state index contributed by atoms with van der Waals surface area (Å²) >= 11 is 0. The highest BCUT2D eigenvalue weighted by molar-refractivity contribution is 6.00. The molecule has 1 aliphatic carbocycles. The Morgan fingerprint density at radius 3 is 2.82 bits per heavy atom. The second-order valence-corrected chi connectivity index (χ2v) is 9.86. The summed E-state index contributed by atoms with van der Waals surface area (Å²) in [6.07, 6.45) is 11.4. The number of hydrogen-bond acceptors (Lipinski definition) is 5. The van der Waals surface area contributed by atoms with Gasteiger partial charge in [0.1, 0.15) is 0 Å². The van der Waals surface area contributed by atoms with Crippen LogP contribution in [0.15, 0.2) is 76.0 Å². The summed E-state index contributed by atoms with van der Waals surface area (Å²) in [4.78, 5) is 18.1. The molecule has 6 rings (SSSR count). The maximum absolute atomic E-state index is 13.8. The third kappa shape index (κ3) is 2.93. The molecule has 0 radical (unpaired) electrons. The third-order valence-corrected chi connectivity index (χ3v) is 8.10. The van der Waals surface area contributed by atoms with Crippen LogP contribution in [0.5, 0.6) is 0 Å². The second kappa shape index (κ2) is 7.37. The second-order valence-electron chi connectivity index (χ2n) is 9.86. The number of carbonyl (C=O) groups is 1. The number of carbonyl (C=O) groups excluding carboxylic acids is 1. The van der Waals surface area contributed by atoms with Gasteiger partial charge in [0.2, 0.25) is 0 Å². The Labute approximate surface area is 194 Å². The molecule has 1 aromatic heterocycles. The van der Waals surface area contributed by atoms with Crippen LogP contribution in [-0.4, -0.2) is 22.6 Å². The van der Waals surface area contributed by atoms with Gasteiger partial charge in [-0.15, -0.1) is 0 Å². The molecule has 6 heteroatoms. The van der Waals surface area contributed by atoms with E-state index in [1.807, 2.05) is 18.6 Å². The molecule has 0 saturated heterocycles. The number of amides is 1. The van der Waals surface area contributed by atoms with Crippen molar-refractivity contribution in [2.45, 2.75) is 69.5 Å². The van der Waals surface area contributed by atoms with E-state index >= 15 is 0 Å². The average Bonchev–Trinajstić information content (AvgIpc) is 3.47. The fourth-order valence-electron chi connectivity index (χ4n) is 6.54. The minimum atomic E-state index is -0.560. The van der Waals surface area contributed by atoms with Crippen LogP contribution in [0.3, 0.4) is 0 Å². The summed E-state index contributed by atoms with van der Waals surface area (Å²) in [6.45, 7) is 4.25. The fraction of sp³-hybridized carbons (Fsp3) is 0.407. The summed E-state index contributed by atoms with van der Waals surface area (Å²) in [5.74, 6) is 0.0595. The minimum Gasteiger partial charge on any atom is -0.362 e. The van der Waals surface area contributed by atoms with Crippen molar-refractivity contribution < 1.29 is 4.79 Å². The van der Waals surface area contributed by atoms with E-state index in [0.29, 0.717) is 0 Å². The predicted octanol–water partition coefficient (Wildman–Crippen LogP) is 5.07. The topological polar surface area (TPSA) is 78.7 Å². The van der Waals surface area contributed by atoms with Gasteiger partial charge in [-0.1, -0.05) is 38.0 Å². The van der Waals surface area contributed by atoms with Crippen molar-refractivity contribution in [2.75, 3.05) is 0 Å². The fourth-order valence-corrected chi connectivity index (χ4v) is 6.54. The number of nitrogens with zero attached hydrogens (tertiary/aromatic N) is 3. The van der Waals surface area contributed by atoms with Gasteiger partial charge in [-0.25, -0.2) is 0 Å². The quantitative estimate of drug-likeness (QED) is 0.701. The Morgan fingerprint density at radius 1 is 1.18 bits per heavy atom. The number of azo groups is 1. The Balaban J connectivity index is 1.55. The van der Waals surface area contributed by atoms with Gasteiger partial charge in [0.15, 0.2) is 6.17 Å². The number of benzene rings is 1. The van der Waals surface area contributed by atoms with Crippen LogP contribution in [0.1, 0.15) is 56.6 Å². The molecule has 1 unspecified atom stereocenters. The normalized spacial score (nSPS) is 27.2. The standard InChI is InChI=1S/C27H29N5O/c1-3-27(19-8-6-7-18(13-19)20-9-12-28-15-17(20)2)21-16-29-32-24(21)30-22-14-26(10-4-5-11-26)31-25(33)23(22)27/h6-9,12-13,15-16,24,30H,3-5,10-11,14H2,1-2H3,(H,31,33)/t24?,27-/m0/s1. The maximum atomic E-state index is 13.8. The van der Waals surface area contributed by atoms with Crippen molar-refractivity contribution >= 4 is 5.91 Å². The van der Waals surface area contributed by atoms with E-state index in [9.17, 15) is 4.79 Å². The molecule has 1 fully saturated rings.